The predicted octanol–water partition coefficient (Wildman–Crippen LogP) is 5.93. The second kappa shape index (κ2) is 9.48. The molecule has 2 aliphatic heterocycles. The molecule has 7 nitrogen and oxygen atoms in total. The third-order valence-electron chi connectivity index (χ3n) is 6.87. The number of amides is 2. The largest absolute Gasteiger partial charge is 0.305 e. The van der Waals surface area contributed by atoms with Gasteiger partial charge in [-0.05, 0) is 81.3 Å². The Labute approximate surface area is 216 Å². The van der Waals surface area contributed by atoms with Gasteiger partial charge in [0.1, 0.15) is 0 Å². The van der Waals surface area contributed by atoms with E-state index in [1.165, 1.54) is 0 Å². The summed E-state index contributed by atoms with van der Waals surface area (Å²) in [4.78, 5) is 30.4. The van der Waals surface area contributed by atoms with Gasteiger partial charge in [0.05, 0.1) is 17.4 Å². The minimum atomic E-state index is -0.204. The first-order chi connectivity index (χ1) is 17.3. The Morgan fingerprint density at radius 1 is 1.03 bits per heavy atom. The maximum absolute atomic E-state index is 13.9. The molecule has 8 heteroatoms. The van der Waals surface area contributed by atoms with E-state index in [4.69, 9.17) is 11.6 Å². The first-order valence-corrected chi connectivity index (χ1v) is 12.6. The number of carbonyl (C=O) groups is 2. The molecule has 2 amide bonds. The molecule has 0 bridgehead atoms. The number of carbonyl (C=O) groups excluding carboxylic acids is 2. The summed E-state index contributed by atoms with van der Waals surface area (Å²) in [6.45, 7) is 7.81. The van der Waals surface area contributed by atoms with E-state index in [9.17, 15) is 9.59 Å². The van der Waals surface area contributed by atoms with Crippen LogP contribution >= 0.6 is 11.6 Å². The zero-order chi connectivity index (χ0) is 25.6. The number of hydrogen-bond donors (Lipinski definition) is 2. The number of fused-ring (bicyclic) bond motifs is 2. The number of hydrazine groups is 2. The first kappa shape index (κ1) is 24.2. The third-order valence-corrected chi connectivity index (χ3v) is 7.12. The van der Waals surface area contributed by atoms with Gasteiger partial charge in [-0.2, -0.15) is 0 Å². The van der Waals surface area contributed by atoms with Gasteiger partial charge in [0.2, 0.25) is 5.91 Å². The maximum atomic E-state index is 13.9. The smallest absolute Gasteiger partial charge is 0.258 e. The number of halogens is 1. The summed E-state index contributed by atoms with van der Waals surface area (Å²) in [5.41, 5.74) is 11.4. The van der Waals surface area contributed by atoms with E-state index < -0.39 is 0 Å². The molecule has 0 aromatic heterocycles. The molecule has 0 fully saturated rings. The van der Waals surface area contributed by atoms with Crippen molar-refractivity contribution >= 4 is 46.2 Å². The molecule has 2 aliphatic rings. The number of benzene rings is 3. The summed E-state index contributed by atoms with van der Waals surface area (Å²) >= 11 is 6.10. The molecule has 0 radical (unpaired) electrons. The lowest BCUT2D eigenvalue weighted by Crippen LogP contribution is -2.47. The zero-order valence-electron chi connectivity index (χ0n) is 20.8. The lowest BCUT2D eigenvalue weighted by atomic mass is 9.89. The second-order valence-electron chi connectivity index (χ2n) is 9.63. The Balaban J connectivity index is 1.51. The van der Waals surface area contributed by atoms with Crippen LogP contribution in [0.4, 0.5) is 22.7 Å². The van der Waals surface area contributed by atoms with Crippen molar-refractivity contribution in [3.05, 3.63) is 82.9 Å². The van der Waals surface area contributed by atoms with Gasteiger partial charge in [-0.15, -0.1) is 5.53 Å². The molecule has 3 aromatic rings. The number of hydrogen-bond acceptors (Lipinski definition) is 5. The minimum absolute atomic E-state index is 0.0593. The molecule has 1 unspecified atom stereocenters. The lowest BCUT2D eigenvalue weighted by molar-refractivity contribution is -0.117. The van der Waals surface area contributed by atoms with Crippen LogP contribution < -0.4 is 25.8 Å². The van der Waals surface area contributed by atoms with Crippen LogP contribution in [0.3, 0.4) is 0 Å². The molecule has 2 N–H and O–H groups in total. The first-order valence-electron chi connectivity index (χ1n) is 12.2. The zero-order valence-corrected chi connectivity index (χ0v) is 21.6. The Bertz CT molecular complexity index is 1310. The maximum Gasteiger partial charge on any atom is 0.258 e. The average molecular weight is 504 g/mol. The molecular weight excluding hydrogens is 474 g/mol. The molecule has 0 saturated heterocycles. The van der Waals surface area contributed by atoms with E-state index in [0.29, 0.717) is 17.0 Å². The van der Waals surface area contributed by atoms with Gasteiger partial charge in [-0.1, -0.05) is 29.8 Å². The van der Waals surface area contributed by atoms with E-state index in [2.05, 4.69) is 24.8 Å². The Kier molecular flexibility index (Phi) is 6.36. The number of nitrogens with one attached hydrogen (secondary N) is 2. The van der Waals surface area contributed by atoms with Crippen molar-refractivity contribution in [1.82, 2.24) is 5.53 Å². The van der Waals surface area contributed by atoms with E-state index >= 15 is 0 Å². The molecule has 3 aromatic carbocycles. The van der Waals surface area contributed by atoms with E-state index in [1.807, 2.05) is 71.4 Å². The van der Waals surface area contributed by atoms with Gasteiger partial charge in [0, 0.05) is 41.0 Å². The van der Waals surface area contributed by atoms with Gasteiger partial charge in [0.25, 0.3) is 5.91 Å². The van der Waals surface area contributed by atoms with Crippen LogP contribution in [-0.2, 0) is 4.79 Å². The topological polar surface area (TPSA) is 67.9 Å². The molecule has 0 saturated carbocycles. The van der Waals surface area contributed by atoms with Crippen LogP contribution in [0.25, 0.3) is 0 Å². The van der Waals surface area contributed by atoms with Crippen LogP contribution in [0.2, 0.25) is 5.02 Å². The van der Waals surface area contributed by atoms with E-state index in [1.54, 1.807) is 24.0 Å². The summed E-state index contributed by atoms with van der Waals surface area (Å²) in [7, 11) is 0. The Morgan fingerprint density at radius 3 is 2.44 bits per heavy atom. The van der Waals surface area contributed by atoms with Gasteiger partial charge in [-0.25, -0.2) is 0 Å². The summed E-state index contributed by atoms with van der Waals surface area (Å²) in [5.74, 6) is -0.127. The van der Waals surface area contributed by atoms with Gasteiger partial charge >= 0.3 is 0 Å². The highest BCUT2D eigenvalue weighted by Gasteiger charge is 2.38. The van der Waals surface area contributed by atoms with E-state index in [-0.39, 0.29) is 29.9 Å². The summed E-state index contributed by atoms with van der Waals surface area (Å²) in [6.07, 6.45) is 0.608. The van der Waals surface area contributed by atoms with Crippen LogP contribution in [0.15, 0.2) is 66.7 Å². The number of rotatable bonds is 4. The summed E-state index contributed by atoms with van der Waals surface area (Å²) < 4.78 is 0. The van der Waals surface area contributed by atoms with Crippen molar-refractivity contribution in [3.8, 4) is 0 Å². The number of para-hydroxylation sites is 1. The lowest BCUT2D eigenvalue weighted by Gasteiger charge is -2.43. The molecule has 0 aliphatic carbocycles. The molecule has 5 rings (SSSR count). The Morgan fingerprint density at radius 2 is 1.75 bits per heavy atom. The normalized spacial score (nSPS) is 18.5. The highest BCUT2D eigenvalue weighted by Crippen LogP contribution is 2.43. The van der Waals surface area contributed by atoms with Crippen molar-refractivity contribution in [1.29, 1.82) is 0 Å². The molecule has 186 valence electrons. The van der Waals surface area contributed by atoms with Gasteiger partial charge in [0.15, 0.2) is 0 Å². The van der Waals surface area contributed by atoms with Crippen LogP contribution in [0.1, 0.15) is 56.1 Å². The fourth-order valence-corrected chi connectivity index (χ4v) is 5.35. The standard InChI is InChI=1S/C28H30ClN5O2/c1-17(2)34-26-14-9-20(16-24(26)30-31-34)28(36)32-18(3)15-27(23-7-5-6-8-25(23)32)33(19(4)35)22-12-10-21(29)11-13-22/h5-14,16-18,27,30-31H,15H2,1-4H3/t18-,27?/m0/s1. The molecule has 0 spiro atoms. The highest BCUT2D eigenvalue weighted by molar-refractivity contribution is 6.30. The number of anilines is 4. The summed E-state index contributed by atoms with van der Waals surface area (Å²) in [5, 5.41) is 2.65. The van der Waals surface area contributed by atoms with Crippen molar-refractivity contribution in [2.45, 2.75) is 52.2 Å². The van der Waals surface area contributed by atoms with Crippen molar-refractivity contribution in [3.63, 3.8) is 0 Å². The highest BCUT2D eigenvalue weighted by atomic mass is 35.5. The summed E-state index contributed by atoms with van der Waals surface area (Å²) in [6, 6.07) is 20.8. The fourth-order valence-electron chi connectivity index (χ4n) is 5.22. The molecule has 2 atom stereocenters. The Hall–Kier alpha value is -3.55. The van der Waals surface area contributed by atoms with Crippen LogP contribution in [0, 0.1) is 0 Å². The predicted molar refractivity (Wildman–Crippen MR) is 145 cm³/mol. The second-order valence-corrected chi connectivity index (χ2v) is 10.1. The third kappa shape index (κ3) is 4.18. The van der Waals surface area contributed by atoms with Crippen molar-refractivity contribution in [2.24, 2.45) is 0 Å². The van der Waals surface area contributed by atoms with Crippen molar-refractivity contribution < 1.29 is 9.59 Å². The monoisotopic (exact) mass is 503 g/mol. The van der Waals surface area contributed by atoms with Gasteiger partial charge < -0.3 is 15.2 Å². The van der Waals surface area contributed by atoms with Crippen LogP contribution in [-0.4, -0.2) is 23.9 Å². The van der Waals surface area contributed by atoms with Gasteiger partial charge in [-0.3, -0.25) is 14.6 Å². The quantitative estimate of drug-likeness (QED) is 0.461. The molecule has 2 heterocycles. The van der Waals surface area contributed by atoms with E-state index in [0.717, 1.165) is 28.3 Å². The average Bonchev–Trinajstić information content (AvgIpc) is 3.28. The number of nitrogens with zero attached hydrogens (tertiary/aromatic N) is 3. The molecule has 36 heavy (non-hydrogen) atoms. The molecular formula is C28H30ClN5O2. The van der Waals surface area contributed by atoms with Crippen molar-refractivity contribution in [2.75, 3.05) is 20.2 Å². The fraction of sp³-hybridized carbons (Fsp3) is 0.286. The van der Waals surface area contributed by atoms with Crippen LogP contribution in [0.5, 0.6) is 0 Å². The SMILES string of the molecule is CC(=O)N(c1ccc(Cl)cc1)C1C[C@H](C)N(C(=O)c2ccc3c(c2)NNN3C(C)C)c2ccccc21. The minimum Gasteiger partial charge on any atom is -0.305 e.